The standard InChI is InChI=1S/C24H24FN3O8S/c1-3-24(32)16-7-19-21-14(10-28(19)22(30)15(16)11-36-23(24)31)13(9-26-37(33,34)5-4-29)12-6-20(35-2)17(25)8-18(12)27-21/h6-8,26,29,32H,3-5,9-11H2,1-2H3. The molecule has 0 spiro atoms. The molecule has 0 amide bonds. The van der Waals surface area contributed by atoms with E-state index in [1.165, 1.54) is 23.8 Å². The van der Waals surface area contributed by atoms with Gasteiger partial charge < -0.3 is 24.3 Å². The number of esters is 1. The third-order valence-corrected chi connectivity index (χ3v) is 8.21. The zero-order chi connectivity index (χ0) is 26.7. The number of pyridine rings is 2. The number of carbonyl (C=O) groups is 1. The van der Waals surface area contributed by atoms with Crippen LogP contribution in [0.1, 0.15) is 35.6 Å². The molecule has 13 heteroatoms. The molecule has 4 heterocycles. The van der Waals surface area contributed by atoms with Crippen molar-refractivity contribution in [1.82, 2.24) is 14.3 Å². The number of cyclic esters (lactones) is 1. The molecule has 11 nitrogen and oxygen atoms in total. The first-order valence-electron chi connectivity index (χ1n) is 11.5. The highest BCUT2D eigenvalue weighted by Gasteiger charge is 2.45. The molecular weight excluding hydrogens is 509 g/mol. The van der Waals surface area contributed by atoms with Crippen LogP contribution in [0.4, 0.5) is 4.39 Å². The van der Waals surface area contributed by atoms with Crippen molar-refractivity contribution in [2.24, 2.45) is 0 Å². The van der Waals surface area contributed by atoms with E-state index >= 15 is 0 Å². The second-order valence-corrected chi connectivity index (χ2v) is 10.8. The molecule has 5 rings (SSSR count). The summed E-state index contributed by atoms with van der Waals surface area (Å²) in [6.45, 7) is 0.527. The maximum absolute atomic E-state index is 14.6. The lowest BCUT2D eigenvalue weighted by Crippen LogP contribution is -2.44. The van der Waals surface area contributed by atoms with Gasteiger partial charge in [-0.15, -0.1) is 0 Å². The van der Waals surface area contributed by atoms with Crippen LogP contribution < -0.4 is 15.0 Å². The number of carbonyl (C=O) groups excluding carboxylic acids is 1. The van der Waals surface area contributed by atoms with Crippen molar-refractivity contribution >= 4 is 26.9 Å². The number of hydrogen-bond acceptors (Lipinski definition) is 9. The molecule has 0 saturated carbocycles. The summed E-state index contributed by atoms with van der Waals surface area (Å²) in [6, 6.07) is 4.08. The number of hydrogen-bond donors (Lipinski definition) is 3. The van der Waals surface area contributed by atoms with E-state index in [1.54, 1.807) is 6.92 Å². The summed E-state index contributed by atoms with van der Waals surface area (Å²) in [5, 5.41) is 20.5. The maximum atomic E-state index is 14.6. The van der Waals surface area contributed by atoms with Gasteiger partial charge in [0.1, 0.15) is 6.61 Å². The minimum atomic E-state index is -3.83. The van der Waals surface area contributed by atoms with Crippen LogP contribution in [-0.4, -0.2) is 53.6 Å². The normalized spacial score (nSPS) is 18.4. The van der Waals surface area contributed by atoms with E-state index in [9.17, 15) is 27.5 Å². The number of methoxy groups -OCH3 is 1. The average molecular weight is 534 g/mol. The Morgan fingerprint density at radius 2 is 2.03 bits per heavy atom. The molecule has 3 aromatic rings. The Kier molecular flexibility index (Phi) is 6.06. The van der Waals surface area contributed by atoms with Crippen LogP contribution in [0.3, 0.4) is 0 Å². The minimum Gasteiger partial charge on any atom is -0.494 e. The van der Waals surface area contributed by atoms with Gasteiger partial charge in [-0.25, -0.2) is 27.3 Å². The van der Waals surface area contributed by atoms with Gasteiger partial charge in [0.2, 0.25) is 10.0 Å². The van der Waals surface area contributed by atoms with Gasteiger partial charge in [-0.3, -0.25) is 4.79 Å². The first kappa shape index (κ1) is 25.3. The van der Waals surface area contributed by atoms with Crippen LogP contribution in [-0.2, 0) is 44.9 Å². The number of aromatic nitrogens is 2. The Bertz CT molecular complexity index is 1640. The molecule has 2 aromatic heterocycles. The highest BCUT2D eigenvalue weighted by Crippen LogP contribution is 2.41. The molecule has 3 N–H and O–H groups in total. The zero-order valence-corrected chi connectivity index (χ0v) is 20.8. The van der Waals surface area contributed by atoms with E-state index in [2.05, 4.69) is 9.71 Å². The second-order valence-electron chi connectivity index (χ2n) is 8.89. The SMILES string of the molecule is CCC1(O)C(=O)OCc2c1cc1n(c2=O)Cc2c-1nc1cc(F)c(OC)cc1c2CNS(=O)(=O)CCO. The predicted octanol–water partition coefficient (Wildman–Crippen LogP) is 0.639. The number of ether oxygens (including phenoxy) is 2. The van der Waals surface area contributed by atoms with Gasteiger partial charge in [0.25, 0.3) is 5.56 Å². The zero-order valence-electron chi connectivity index (χ0n) is 20.0. The monoisotopic (exact) mass is 533 g/mol. The lowest BCUT2D eigenvalue weighted by molar-refractivity contribution is -0.172. The molecule has 196 valence electrons. The quantitative estimate of drug-likeness (QED) is 0.290. The van der Waals surface area contributed by atoms with Gasteiger partial charge in [-0.1, -0.05) is 6.92 Å². The van der Waals surface area contributed by atoms with Crippen LogP contribution in [0.5, 0.6) is 5.75 Å². The molecule has 2 aliphatic rings. The molecule has 0 radical (unpaired) electrons. The van der Waals surface area contributed by atoms with Crippen molar-refractivity contribution in [1.29, 1.82) is 0 Å². The van der Waals surface area contributed by atoms with Crippen molar-refractivity contribution in [3.63, 3.8) is 0 Å². The van der Waals surface area contributed by atoms with Crippen LogP contribution in [0, 0.1) is 5.82 Å². The van der Waals surface area contributed by atoms with E-state index < -0.39 is 45.3 Å². The summed E-state index contributed by atoms with van der Waals surface area (Å²) in [4.78, 5) is 30.4. The van der Waals surface area contributed by atoms with E-state index in [1.807, 2.05) is 0 Å². The molecule has 2 aliphatic heterocycles. The number of aliphatic hydroxyl groups is 2. The van der Waals surface area contributed by atoms with Gasteiger partial charge in [0, 0.05) is 29.1 Å². The van der Waals surface area contributed by atoms with Gasteiger partial charge in [-0.2, -0.15) is 0 Å². The third-order valence-electron chi connectivity index (χ3n) is 6.91. The second kappa shape index (κ2) is 8.87. The number of fused-ring (bicyclic) bond motifs is 5. The van der Waals surface area contributed by atoms with Crippen molar-refractivity contribution in [2.45, 2.75) is 38.6 Å². The summed E-state index contributed by atoms with van der Waals surface area (Å²) in [7, 11) is -2.54. The molecular formula is C24H24FN3O8S. The van der Waals surface area contributed by atoms with E-state index in [0.29, 0.717) is 27.9 Å². The third kappa shape index (κ3) is 3.89. The summed E-state index contributed by atoms with van der Waals surface area (Å²) < 4.78 is 53.2. The van der Waals surface area contributed by atoms with Crippen molar-refractivity contribution in [3.8, 4) is 17.1 Å². The fourth-order valence-electron chi connectivity index (χ4n) is 4.90. The minimum absolute atomic E-state index is 0.0228. The number of nitrogens with zero attached hydrogens (tertiary/aromatic N) is 2. The van der Waals surface area contributed by atoms with Crippen molar-refractivity contribution in [2.75, 3.05) is 19.5 Å². The first-order valence-corrected chi connectivity index (χ1v) is 13.1. The summed E-state index contributed by atoms with van der Waals surface area (Å²) in [5.41, 5.74) is -0.473. The van der Waals surface area contributed by atoms with Crippen LogP contribution in [0.15, 0.2) is 23.0 Å². The molecule has 0 fully saturated rings. The smallest absolute Gasteiger partial charge is 0.343 e. The summed E-state index contributed by atoms with van der Waals surface area (Å²) in [6.07, 6.45) is -0.0252. The number of benzene rings is 1. The Labute approximate surface area is 210 Å². The Hall–Kier alpha value is -3.39. The lowest BCUT2D eigenvalue weighted by Gasteiger charge is -2.31. The number of rotatable bonds is 7. The highest BCUT2D eigenvalue weighted by molar-refractivity contribution is 7.89. The first-order chi connectivity index (χ1) is 17.5. The Morgan fingerprint density at radius 3 is 2.70 bits per heavy atom. The highest BCUT2D eigenvalue weighted by atomic mass is 32.2. The molecule has 0 bridgehead atoms. The van der Waals surface area contributed by atoms with Crippen LogP contribution in [0.25, 0.3) is 22.3 Å². The molecule has 1 atom stereocenters. The van der Waals surface area contributed by atoms with Crippen LogP contribution in [0.2, 0.25) is 0 Å². The Morgan fingerprint density at radius 1 is 1.27 bits per heavy atom. The Balaban J connectivity index is 1.76. The molecule has 1 unspecified atom stereocenters. The molecule has 0 aliphatic carbocycles. The van der Waals surface area contributed by atoms with Crippen LogP contribution >= 0.6 is 0 Å². The summed E-state index contributed by atoms with van der Waals surface area (Å²) in [5.74, 6) is -2.12. The topological polar surface area (TPSA) is 157 Å². The number of aliphatic hydroxyl groups excluding tert-OH is 1. The van der Waals surface area contributed by atoms with Gasteiger partial charge in [-0.05, 0) is 24.1 Å². The number of nitrogens with one attached hydrogen (secondary N) is 1. The summed E-state index contributed by atoms with van der Waals surface area (Å²) >= 11 is 0. The largest absolute Gasteiger partial charge is 0.494 e. The molecule has 1 aromatic carbocycles. The van der Waals surface area contributed by atoms with Gasteiger partial charge >= 0.3 is 5.97 Å². The predicted molar refractivity (Wildman–Crippen MR) is 129 cm³/mol. The van der Waals surface area contributed by atoms with Crippen molar-refractivity contribution < 1.29 is 37.3 Å². The fourth-order valence-corrected chi connectivity index (χ4v) is 5.65. The van der Waals surface area contributed by atoms with E-state index in [0.717, 1.165) is 6.07 Å². The molecule has 0 saturated heterocycles. The average Bonchev–Trinajstić information content (AvgIpc) is 3.22. The fraction of sp³-hybridized carbons (Fsp3) is 0.375. The van der Waals surface area contributed by atoms with Gasteiger partial charge in [0.05, 0.1) is 48.5 Å². The molecule has 37 heavy (non-hydrogen) atoms. The van der Waals surface area contributed by atoms with E-state index in [-0.39, 0.29) is 48.5 Å². The van der Waals surface area contributed by atoms with Crippen molar-refractivity contribution in [3.05, 3.63) is 56.6 Å². The van der Waals surface area contributed by atoms with E-state index in [4.69, 9.17) is 14.6 Å². The number of sulfonamides is 1. The maximum Gasteiger partial charge on any atom is 0.343 e. The lowest BCUT2D eigenvalue weighted by atomic mass is 9.86. The van der Waals surface area contributed by atoms with Gasteiger partial charge in [0.15, 0.2) is 17.2 Å². The number of halogens is 1.